The molecule has 0 saturated carbocycles. The van der Waals surface area contributed by atoms with Crippen molar-refractivity contribution in [3.8, 4) is 0 Å². The number of nitrogens with zero attached hydrogens (tertiary/aromatic N) is 2. The first kappa shape index (κ1) is 15.0. The second-order valence-electron chi connectivity index (χ2n) is 4.61. The lowest BCUT2D eigenvalue weighted by Gasteiger charge is -2.14. The van der Waals surface area contributed by atoms with Crippen LogP contribution in [0.15, 0.2) is 29.1 Å². The number of fused-ring (bicyclic) bond motifs is 1. The molecular weight excluding hydrogens is 276 g/mol. The molecule has 1 aromatic heterocycles. The van der Waals surface area contributed by atoms with E-state index in [1.54, 1.807) is 10.6 Å². The molecule has 0 aliphatic carbocycles. The van der Waals surface area contributed by atoms with Gasteiger partial charge < -0.3 is 4.74 Å². The summed E-state index contributed by atoms with van der Waals surface area (Å²) in [6.07, 6.45) is 0.768. The van der Waals surface area contributed by atoms with E-state index in [0.717, 1.165) is 6.42 Å². The molecular formula is C15H19ClN2O2. The molecule has 20 heavy (non-hydrogen) atoms. The van der Waals surface area contributed by atoms with E-state index in [9.17, 15) is 4.79 Å². The number of halogens is 1. The Hall–Kier alpha value is -1.39. The van der Waals surface area contributed by atoms with Crippen LogP contribution in [0.2, 0.25) is 0 Å². The van der Waals surface area contributed by atoms with Crippen LogP contribution in [0, 0.1) is 0 Å². The SMILES string of the molecule is CCOCCCn1c(C(C)Cl)nc2ccccc2c1=O. The van der Waals surface area contributed by atoms with Crippen molar-refractivity contribution in [2.24, 2.45) is 0 Å². The third kappa shape index (κ3) is 3.19. The van der Waals surface area contributed by atoms with Gasteiger partial charge in [-0.05, 0) is 32.4 Å². The highest BCUT2D eigenvalue weighted by Gasteiger charge is 2.14. The molecule has 0 aliphatic heterocycles. The Bertz CT molecular complexity index is 637. The van der Waals surface area contributed by atoms with Gasteiger partial charge in [0.25, 0.3) is 5.56 Å². The predicted octanol–water partition coefficient (Wildman–Crippen LogP) is 3.12. The fraction of sp³-hybridized carbons (Fsp3) is 0.467. The van der Waals surface area contributed by atoms with Gasteiger partial charge in [0.1, 0.15) is 5.82 Å². The number of ether oxygens (including phenoxy) is 1. The summed E-state index contributed by atoms with van der Waals surface area (Å²) in [6.45, 7) is 5.67. The van der Waals surface area contributed by atoms with E-state index in [-0.39, 0.29) is 10.9 Å². The zero-order valence-electron chi connectivity index (χ0n) is 11.8. The molecule has 0 spiro atoms. The van der Waals surface area contributed by atoms with Gasteiger partial charge in [-0.2, -0.15) is 0 Å². The maximum atomic E-state index is 12.5. The Morgan fingerprint density at radius 1 is 1.40 bits per heavy atom. The first-order valence-electron chi connectivity index (χ1n) is 6.86. The fourth-order valence-electron chi connectivity index (χ4n) is 2.17. The first-order chi connectivity index (χ1) is 9.65. The van der Waals surface area contributed by atoms with Gasteiger partial charge in [-0.15, -0.1) is 11.6 Å². The van der Waals surface area contributed by atoms with E-state index in [1.807, 2.05) is 32.0 Å². The van der Waals surface area contributed by atoms with Gasteiger partial charge in [-0.3, -0.25) is 9.36 Å². The first-order valence-corrected chi connectivity index (χ1v) is 7.30. The molecule has 1 atom stereocenters. The van der Waals surface area contributed by atoms with Crippen molar-refractivity contribution in [2.75, 3.05) is 13.2 Å². The number of para-hydroxylation sites is 1. The monoisotopic (exact) mass is 294 g/mol. The average molecular weight is 295 g/mol. The van der Waals surface area contributed by atoms with Crippen molar-refractivity contribution < 1.29 is 4.74 Å². The molecule has 2 rings (SSSR count). The molecule has 4 nitrogen and oxygen atoms in total. The quantitative estimate of drug-likeness (QED) is 0.607. The van der Waals surface area contributed by atoms with Gasteiger partial charge in [0.2, 0.25) is 0 Å². The molecule has 1 unspecified atom stereocenters. The molecule has 0 saturated heterocycles. The van der Waals surface area contributed by atoms with E-state index in [2.05, 4.69) is 4.98 Å². The molecule has 0 fully saturated rings. The average Bonchev–Trinajstić information content (AvgIpc) is 2.45. The van der Waals surface area contributed by atoms with Crippen molar-refractivity contribution in [1.82, 2.24) is 9.55 Å². The largest absolute Gasteiger partial charge is 0.382 e. The molecule has 2 aromatic rings. The van der Waals surface area contributed by atoms with Crippen molar-refractivity contribution in [3.05, 3.63) is 40.4 Å². The Morgan fingerprint density at radius 3 is 2.85 bits per heavy atom. The number of benzene rings is 1. The minimum absolute atomic E-state index is 0.0328. The van der Waals surface area contributed by atoms with Crippen molar-refractivity contribution in [2.45, 2.75) is 32.2 Å². The highest BCUT2D eigenvalue weighted by atomic mass is 35.5. The number of hydrogen-bond acceptors (Lipinski definition) is 3. The minimum atomic E-state index is -0.306. The van der Waals surface area contributed by atoms with Crippen molar-refractivity contribution in [1.29, 1.82) is 0 Å². The standard InChI is InChI=1S/C15H19ClN2O2/c1-3-20-10-6-9-18-14(11(2)16)17-13-8-5-4-7-12(13)15(18)19/h4-5,7-8,11H,3,6,9-10H2,1-2H3. The Labute approximate surface area is 123 Å². The predicted molar refractivity (Wildman–Crippen MR) is 81.4 cm³/mol. The van der Waals surface area contributed by atoms with Gasteiger partial charge in [-0.1, -0.05) is 12.1 Å². The summed E-state index contributed by atoms with van der Waals surface area (Å²) < 4.78 is 6.98. The molecule has 108 valence electrons. The van der Waals surface area contributed by atoms with E-state index in [4.69, 9.17) is 16.3 Å². The molecule has 0 N–H and O–H groups in total. The zero-order chi connectivity index (χ0) is 14.5. The highest BCUT2D eigenvalue weighted by Crippen LogP contribution is 2.18. The van der Waals surface area contributed by atoms with Crippen LogP contribution in [0.5, 0.6) is 0 Å². The van der Waals surface area contributed by atoms with Crippen LogP contribution in [0.4, 0.5) is 0 Å². The summed E-state index contributed by atoms with van der Waals surface area (Å²) in [7, 11) is 0. The smallest absolute Gasteiger partial charge is 0.261 e. The van der Waals surface area contributed by atoms with Gasteiger partial charge in [-0.25, -0.2) is 4.98 Å². The van der Waals surface area contributed by atoms with Gasteiger partial charge in [0.05, 0.1) is 16.3 Å². The molecule has 1 heterocycles. The van der Waals surface area contributed by atoms with Crippen LogP contribution >= 0.6 is 11.6 Å². The topological polar surface area (TPSA) is 44.1 Å². The van der Waals surface area contributed by atoms with Gasteiger partial charge in [0.15, 0.2) is 0 Å². The fourth-order valence-corrected chi connectivity index (χ4v) is 2.34. The Kier molecular flexibility index (Phi) is 5.15. The maximum Gasteiger partial charge on any atom is 0.261 e. The number of rotatable bonds is 6. The van der Waals surface area contributed by atoms with Crippen molar-refractivity contribution in [3.63, 3.8) is 0 Å². The van der Waals surface area contributed by atoms with Gasteiger partial charge >= 0.3 is 0 Å². The Morgan fingerprint density at radius 2 is 2.15 bits per heavy atom. The lowest BCUT2D eigenvalue weighted by molar-refractivity contribution is 0.141. The highest BCUT2D eigenvalue weighted by molar-refractivity contribution is 6.20. The van der Waals surface area contributed by atoms with E-state index in [0.29, 0.717) is 36.5 Å². The van der Waals surface area contributed by atoms with Crippen LogP contribution in [0.25, 0.3) is 10.9 Å². The van der Waals surface area contributed by atoms with Crippen LogP contribution in [0.3, 0.4) is 0 Å². The van der Waals surface area contributed by atoms with E-state index < -0.39 is 0 Å². The zero-order valence-corrected chi connectivity index (χ0v) is 12.6. The van der Waals surface area contributed by atoms with Crippen LogP contribution in [0.1, 0.15) is 31.5 Å². The summed E-state index contributed by atoms with van der Waals surface area (Å²) in [4.78, 5) is 17.1. The van der Waals surface area contributed by atoms with Crippen molar-refractivity contribution >= 4 is 22.5 Å². The summed E-state index contributed by atoms with van der Waals surface area (Å²) in [6, 6.07) is 7.35. The lowest BCUT2D eigenvalue weighted by atomic mass is 10.2. The molecule has 0 radical (unpaired) electrons. The summed E-state index contributed by atoms with van der Waals surface area (Å²) in [5, 5.41) is 0.323. The molecule has 0 amide bonds. The second-order valence-corrected chi connectivity index (χ2v) is 5.27. The van der Waals surface area contributed by atoms with E-state index in [1.165, 1.54) is 0 Å². The lowest BCUT2D eigenvalue weighted by Crippen LogP contribution is -2.26. The summed E-state index contributed by atoms with van der Waals surface area (Å²) in [5.74, 6) is 0.617. The van der Waals surface area contributed by atoms with Crippen LogP contribution in [-0.4, -0.2) is 22.8 Å². The molecule has 5 heteroatoms. The maximum absolute atomic E-state index is 12.5. The van der Waals surface area contributed by atoms with Gasteiger partial charge in [0, 0.05) is 19.8 Å². The number of alkyl halides is 1. The normalized spacial score (nSPS) is 12.8. The molecule has 0 aliphatic rings. The number of hydrogen-bond donors (Lipinski definition) is 0. The Balaban J connectivity index is 2.41. The van der Waals surface area contributed by atoms with E-state index >= 15 is 0 Å². The molecule has 1 aromatic carbocycles. The number of aromatic nitrogens is 2. The second kappa shape index (κ2) is 6.86. The summed E-state index contributed by atoms with van der Waals surface area (Å²) in [5.41, 5.74) is 0.663. The van der Waals surface area contributed by atoms with Crippen LogP contribution < -0.4 is 5.56 Å². The summed E-state index contributed by atoms with van der Waals surface area (Å²) >= 11 is 6.17. The third-order valence-corrected chi connectivity index (χ3v) is 3.32. The minimum Gasteiger partial charge on any atom is -0.382 e. The van der Waals surface area contributed by atoms with Crippen LogP contribution in [-0.2, 0) is 11.3 Å². The molecule has 0 bridgehead atoms. The third-order valence-electron chi connectivity index (χ3n) is 3.12.